The number of amides is 2. The largest absolute Gasteiger partial charge is 0.484 e. The molecule has 0 saturated heterocycles. The number of aryl methyl sites for hydroxylation is 2. The Kier molecular flexibility index (Phi) is 6.61. The molecule has 0 bridgehead atoms. The minimum absolute atomic E-state index is 0.130. The predicted molar refractivity (Wildman–Crippen MR) is 106 cm³/mol. The molecule has 9 heteroatoms. The SMILES string of the molecule is Cc1cc(C)cc(OCc2nc(CCN(C)C(=O)Nc3cc(F)ccc3F)no2)c1. The normalized spacial score (nSPS) is 10.7. The molecular weight excluding hydrogens is 394 g/mol. The van der Waals surface area contributed by atoms with Gasteiger partial charge in [0.1, 0.15) is 17.4 Å². The Morgan fingerprint density at radius 2 is 1.90 bits per heavy atom. The zero-order chi connectivity index (χ0) is 21.7. The molecule has 0 aliphatic rings. The first-order valence-electron chi connectivity index (χ1n) is 9.30. The molecule has 0 fully saturated rings. The maximum absolute atomic E-state index is 13.6. The third kappa shape index (κ3) is 5.76. The molecule has 3 aromatic rings. The van der Waals surface area contributed by atoms with Crippen LogP contribution in [-0.2, 0) is 13.0 Å². The number of ether oxygens (including phenoxy) is 1. The van der Waals surface area contributed by atoms with Crippen LogP contribution in [0.2, 0.25) is 0 Å². The molecule has 0 aliphatic carbocycles. The third-order valence-electron chi connectivity index (χ3n) is 4.26. The molecule has 1 N–H and O–H groups in total. The maximum atomic E-state index is 13.6. The van der Waals surface area contributed by atoms with E-state index in [-0.39, 0.29) is 18.8 Å². The third-order valence-corrected chi connectivity index (χ3v) is 4.26. The first kappa shape index (κ1) is 21.2. The van der Waals surface area contributed by atoms with Crippen LogP contribution in [0.3, 0.4) is 0 Å². The van der Waals surface area contributed by atoms with Crippen LogP contribution in [0.1, 0.15) is 22.8 Å². The fourth-order valence-corrected chi connectivity index (χ4v) is 2.78. The zero-order valence-corrected chi connectivity index (χ0v) is 16.9. The van der Waals surface area contributed by atoms with E-state index in [1.54, 1.807) is 0 Å². The van der Waals surface area contributed by atoms with E-state index in [0.29, 0.717) is 23.9 Å². The second-order valence-corrected chi connectivity index (χ2v) is 6.94. The van der Waals surface area contributed by atoms with Crippen LogP contribution in [0.5, 0.6) is 5.75 Å². The van der Waals surface area contributed by atoms with E-state index < -0.39 is 17.7 Å². The summed E-state index contributed by atoms with van der Waals surface area (Å²) < 4.78 is 37.7. The highest BCUT2D eigenvalue weighted by molar-refractivity contribution is 5.89. The topological polar surface area (TPSA) is 80.5 Å². The van der Waals surface area contributed by atoms with E-state index in [0.717, 1.165) is 29.3 Å². The quantitative estimate of drug-likeness (QED) is 0.623. The summed E-state index contributed by atoms with van der Waals surface area (Å²) in [7, 11) is 1.52. The van der Waals surface area contributed by atoms with Crippen molar-refractivity contribution in [2.45, 2.75) is 26.9 Å². The molecule has 158 valence electrons. The number of carbonyl (C=O) groups is 1. The lowest BCUT2D eigenvalue weighted by molar-refractivity contribution is 0.222. The highest BCUT2D eigenvalue weighted by atomic mass is 19.1. The monoisotopic (exact) mass is 416 g/mol. The van der Waals surface area contributed by atoms with Crippen molar-refractivity contribution in [3.05, 3.63) is 70.9 Å². The second-order valence-electron chi connectivity index (χ2n) is 6.94. The van der Waals surface area contributed by atoms with Crippen molar-refractivity contribution < 1.29 is 22.8 Å². The van der Waals surface area contributed by atoms with Gasteiger partial charge in [0.25, 0.3) is 5.89 Å². The molecule has 0 saturated carbocycles. The molecule has 1 aromatic heterocycles. The molecule has 0 atom stereocenters. The number of carbonyl (C=O) groups excluding carboxylic acids is 1. The maximum Gasteiger partial charge on any atom is 0.321 e. The van der Waals surface area contributed by atoms with Crippen molar-refractivity contribution in [1.82, 2.24) is 15.0 Å². The fourth-order valence-electron chi connectivity index (χ4n) is 2.78. The van der Waals surface area contributed by atoms with Gasteiger partial charge < -0.3 is 19.5 Å². The number of rotatable bonds is 7. The molecule has 30 heavy (non-hydrogen) atoms. The van der Waals surface area contributed by atoms with E-state index >= 15 is 0 Å². The van der Waals surface area contributed by atoms with Crippen molar-refractivity contribution in [1.29, 1.82) is 0 Å². The van der Waals surface area contributed by atoms with Gasteiger partial charge in [-0.2, -0.15) is 4.98 Å². The summed E-state index contributed by atoms with van der Waals surface area (Å²) in [6.45, 7) is 4.35. The molecule has 2 amide bonds. The number of halogens is 2. The molecule has 7 nitrogen and oxygen atoms in total. The lowest BCUT2D eigenvalue weighted by Gasteiger charge is -2.17. The predicted octanol–water partition coefficient (Wildman–Crippen LogP) is 4.25. The van der Waals surface area contributed by atoms with Gasteiger partial charge in [0.15, 0.2) is 12.4 Å². The van der Waals surface area contributed by atoms with Crippen LogP contribution >= 0.6 is 0 Å². The Morgan fingerprint density at radius 1 is 1.17 bits per heavy atom. The van der Waals surface area contributed by atoms with Gasteiger partial charge >= 0.3 is 6.03 Å². The number of likely N-dealkylation sites (N-methyl/N-ethyl adjacent to an activating group) is 1. The second kappa shape index (κ2) is 9.34. The number of nitrogens with one attached hydrogen (secondary N) is 1. The molecule has 0 unspecified atom stereocenters. The summed E-state index contributed by atoms with van der Waals surface area (Å²) in [4.78, 5) is 17.7. The van der Waals surface area contributed by atoms with Gasteiger partial charge in [-0.05, 0) is 49.2 Å². The van der Waals surface area contributed by atoms with Crippen LogP contribution in [0.4, 0.5) is 19.3 Å². The van der Waals surface area contributed by atoms with Crippen LogP contribution in [-0.4, -0.2) is 34.7 Å². The van der Waals surface area contributed by atoms with Gasteiger partial charge in [0.2, 0.25) is 0 Å². The van der Waals surface area contributed by atoms with E-state index in [2.05, 4.69) is 15.5 Å². The average Bonchev–Trinajstić information content (AvgIpc) is 3.14. The van der Waals surface area contributed by atoms with Gasteiger partial charge in [-0.3, -0.25) is 0 Å². The molecule has 1 heterocycles. The van der Waals surface area contributed by atoms with Crippen LogP contribution < -0.4 is 10.1 Å². The van der Waals surface area contributed by atoms with E-state index in [1.165, 1.54) is 11.9 Å². The minimum Gasteiger partial charge on any atom is -0.484 e. The summed E-state index contributed by atoms with van der Waals surface area (Å²) >= 11 is 0. The van der Waals surface area contributed by atoms with Gasteiger partial charge in [-0.1, -0.05) is 11.2 Å². The van der Waals surface area contributed by atoms with Crippen molar-refractivity contribution in [2.75, 3.05) is 18.9 Å². The van der Waals surface area contributed by atoms with Gasteiger partial charge in [0, 0.05) is 26.1 Å². The highest BCUT2D eigenvalue weighted by Crippen LogP contribution is 2.18. The smallest absolute Gasteiger partial charge is 0.321 e. The highest BCUT2D eigenvalue weighted by Gasteiger charge is 2.14. The van der Waals surface area contributed by atoms with Gasteiger partial charge in [0.05, 0.1) is 5.69 Å². The summed E-state index contributed by atoms with van der Waals surface area (Å²) in [6.07, 6.45) is 0.322. The van der Waals surface area contributed by atoms with E-state index in [9.17, 15) is 13.6 Å². The standard InChI is InChI=1S/C21H22F2N4O3/c1-13-8-14(2)10-16(9-13)29-12-20-25-19(26-30-20)6-7-27(3)21(28)24-18-11-15(22)4-5-17(18)23/h4-5,8-11H,6-7,12H2,1-3H3,(H,24,28). The van der Waals surface area contributed by atoms with Crippen LogP contribution in [0.25, 0.3) is 0 Å². The Bertz CT molecular complexity index is 1020. The number of benzene rings is 2. The number of hydrogen-bond acceptors (Lipinski definition) is 5. The first-order valence-corrected chi connectivity index (χ1v) is 9.30. The lowest BCUT2D eigenvalue weighted by Crippen LogP contribution is -2.33. The van der Waals surface area contributed by atoms with Crippen molar-refractivity contribution >= 4 is 11.7 Å². The zero-order valence-electron chi connectivity index (χ0n) is 16.9. The Morgan fingerprint density at radius 3 is 2.63 bits per heavy atom. The average molecular weight is 416 g/mol. The van der Waals surface area contributed by atoms with Crippen LogP contribution in [0.15, 0.2) is 40.9 Å². The Hall–Kier alpha value is -3.49. The van der Waals surface area contributed by atoms with E-state index in [1.807, 2.05) is 32.0 Å². The summed E-state index contributed by atoms with van der Waals surface area (Å²) in [6, 6.07) is 8.15. The van der Waals surface area contributed by atoms with Crippen molar-refractivity contribution in [3.8, 4) is 5.75 Å². The number of anilines is 1. The van der Waals surface area contributed by atoms with Gasteiger partial charge in [-0.15, -0.1) is 0 Å². The summed E-state index contributed by atoms with van der Waals surface area (Å²) in [5.74, 6) is 0.0819. The molecule has 2 aromatic carbocycles. The summed E-state index contributed by atoms with van der Waals surface area (Å²) in [5, 5.41) is 6.20. The van der Waals surface area contributed by atoms with E-state index in [4.69, 9.17) is 9.26 Å². The Labute approximate surface area is 172 Å². The molecule has 0 spiro atoms. The number of hydrogen-bond donors (Lipinski definition) is 1. The van der Waals surface area contributed by atoms with Crippen LogP contribution in [0, 0.1) is 25.5 Å². The van der Waals surface area contributed by atoms with Gasteiger partial charge in [-0.25, -0.2) is 13.6 Å². The summed E-state index contributed by atoms with van der Waals surface area (Å²) in [5.41, 5.74) is 1.96. The fraction of sp³-hybridized carbons (Fsp3) is 0.286. The molecular formula is C21H22F2N4O3. The minimum atomic E-state index is -0.718. The molecule has 0 aliphatic heterocycles. The lowest BCUT2D eigenvalue weighted by atomic mass is 10.1. The van der Waals surface area contributed by atoms with Crippen molar-refractivity contribution in [2.24, 2.45) is 0 Å². The first-order chi connectivity index (χ1) is 14.3. The number of nitrogens with zero attached hydrogens (tertiary/aromatic N) is 3. The molecule has 0 radical (unpaired) electrons. The molecule has 3 rings (SSSR count). The Balaban J connectivity index is 1.49. The number of aromatic nitrogens is 2. The van der Waals surface area contributed by atoms with Crippen molar-refractivity contribution in [3.63, 3.8) is 0 Å². The number of urea groups is 1.